The number of hydrogen-bond acceptors (Lipinski definition) is 4. The van der Waals surface area contributed by atoms with Crippen LogP contribution in [0.2, 0.25) is 0 Å². The molecule has 0 spiro atoms. The number of hydrogen-bond donors (Lipinski definition) is 2. The molecular formula is C20H25FN2O4S. The zero-order valence-electron chi connectivity index (χ0n) is 16.1. The smallest absolute Gasteiger partial charge is 0.261 e. The minimum absolute atomic E-state index is 0.168. The van der Waals surface area contributed by atoms with Gasteiger partial charge in [-0.25, -0.2) is 17.5 Å². The van der Waals surface area contributed by atoms with Crippen molar-refractivity contribution >= 4 is 15.9 Å². The van der Waals surface area contributed by atoms with E-state index in [9.17, 15) is 17.6 Å². The van der Waals surface area contributed by atoms with Crippen molar-refractivity contribution in [1.29, 1.82) is 0 Å². The minimum Gasteiger partial charge on any atom is -0.481 e. The second-order valence-corrected chi connectivity index (χ2v) is 8.49. The lowest BCUT2D eigenvalue weighted by Crippen LogP contribution is -2.36. The summed E-state index contributed by atoms with van der Waals surface area (Å²) in [5.41, 5.74) is 1.32. The Hall–Kier alpha value is -2.45. The number of halogens is 1. The second kappa shape index (κ2) is 9.66. The van der Waals surface area contributed by atoms with E-state index in [1.165, 1.54) is 24.3 Å². The highest BCUT2D eigenvalue weighted by Gasteiger charge is 2.17. The van der Waals surface area contributed by atoms with Gasteiger partial charge in [-0.1, -0.05) is 24.3 Å². The van der Waals surface area contributed by atoms with Gasteiger partial charge in [-0.2, -0.15) is 0 Å². The molecule has 8 heteroatoms. The highest BCUT2D eigenvalue weighted by Crippen LogP contribution is 2.14. The molecule has 0 saturated heterocycles. The zero-order chi connectivity index (χ0) is 20.7. The molecule has 2 aromatic rings. The van der Waals surface area contributed by atoms with Crippen LogP contribution in [0.1, 0.15) is 31.9 Å². The Balaban J connectivity index is 1.98. The lowest BCUT2D eigenvalue weighted by Gasteiger charge is -2.16. The first-order chi connectivity index (χ1) is 13.2. The van der Waals surface area contributed by atoms with E-state index in [4.69, 9.17) is 4.74 Å². The van der Waals surface area contributed by atoms with E-state index >= 15 is 0 Å². The Bertz CT molecular complexity index is 899. The fraction of sp³-hybridized carbons (Fsp3) is 0.350. The van der Waals surface area contributed by atoms with Gasteiger partial charge in [-0.05, 0) is 56.2 Å². The molecule has 2 rings (SSSR count). The predicted molar refractivity (Wildman–Crippen MR) is 106 cm³/mol. The van der Waals surface area contributed by atoms with Crippen LogP contribution in [0.4, 0.5) is 4.39 Å². The summed E-state index contributed by atoms with van der Waals surface area (Å²) < 4.78 is 45.4. The molecule has 2 aromatic carbocycles. The topological polar surface area (TPSA) is 84.5 Å². The van der Waals surface area contributed by atoms with E-state index in [2.05, 4.69) is 10.0 Å². The molecule has 152 valence electrons. The van der Waals surface area contributed by atoms with Gasteiger partial charge >= 0.3 is 0 Å². The third-order valence-electron chi connectivity index (χ3n) is 3.83. The second-order valence-electron chi connectivity index (χ2n) is 6.73. The molecule has 0 aliphatic carbocycles. The Kier molecular flexibility index (Phi) is 7.53. The summed E-state index contributed by atoms with van der Waals surface area (Å²) >= 11 is 0. The van der Waals surface area contributed by atoms with Gasteiger partial charge in [0, 0.05) is 12.6 Å². The van der Waals surface area contributed by atoms with Crippen LogP contribution >= 0.6 is 0 Å². The van der Waals surface area contributed by atoms with Crippen molar-refractivity contribution in [3.8, 4) is 5.75 Å². The quantitative estimate of drug-likeness (QED) is 0.668. The minimum atomic E-state index is -3.47. The molecule has 1 amide bonds. The third kappa shape index (κ3) is 6.94. The maximum atomic E-state index is 12.9. The maximum absolute atomic E-state index is 12.9. The molecule has 2 N–H and O–H groups in total. The van der Waals surface area contributed by atoms with Gasteiger partial charge in [0.15, 0.2) is 6.10 Å². The fourth-order valence-corrected chi connectivity index (χ4v) is 4.07. The highest BCUT2D eigenvalue weighted by atomic mass is 32.2. The molecular weight excluding hydrogens is 383 g/mol. The average Bonchev–Trinajstić information content (AvgIpc) is 2.61. The first kappa shape index (κ1) is 21.8. The van der Waals surface area contributed by atoms with Crippen LogP contribution in [0.3, 0.4) is 0 Å². The first-order valence-corrected chi connectivity index (χ1v) is 10.6. The first-order valence-electron chi connectivity index (χ1n) is 8.93. The molecule has 6 nitrogen and oxygen atoms in total. The summed E-state index contributed by atoms with van der Waals surface area (Å²) in [7, 11) is -3.47. The van der Waals surface area contributed by atoms with Gasteiger partial charge in [0.2, 0.25) is 10.0 Å². The van der Waals surface area contributed by atoms with Gasteiger partial charge in [0.1, 0.15) is 11.6 Å². The van der Waals surface area contributed by atoms with Crippen LogP contribution in [-0.2, 0) is 27.1 Å². The number of carbonyl (C=O) groups is 1. The van der Waals surface area contributed by atoms with Crippen LogP contribution in [0.5, 0.6) is 5.75 Å². The van der Waals surface area contributed by atoms with E-state index in [1.807, 2.05) is 0 Å². The number of nitrogens with one attached hydrogen (secondary N) is 2. The molecule has 0 radical (unpaired) electrons. The molecule has 0 aliphatic rings. The van der Waals surface area contributed by atoms with Crippen molar-refractivity contribution in [2.24, 2.45) is 0 Å². The predicted octanol–water partition coefficient (Wildman–Crippen LogP) is 2.74. The molecule has 0 aliphatic heterocycles. The molecule has 1 atom stereocenters. The van der Waals surface area contributed by atoms with Gasteiger partial charge in [0.05, 0.1) is 5.75 Å². The molecule has 0 fully saturated rings. The monoisotopic (exact) mass is 408 g/mol. The number of sulfonamides is 1. The summed E-state index contributed by atoms with van der Waals surface area (Å²) in [4.78, 5) is 12.3. The molecule has 0 heterocycles. The molecule has 0 bridgehead atoms. The number of amides is 1. The van der Waals surface area contributed by atoms with Crippen molar-refractivity contribution < 1.29 is 22.3 Å². The van der Waals surface area contributed by atoms with Crippen LogP contribution in [-0.4, -0.2) is 26.5 Å². The third-order valence-corrected chi connectivity index (χ3v) is 5.35. The van der Waals surface area contributed by atoms with E-state index in [0.29, 0.717) is 16.9 Å². The number of carbonyl (C=O) groups excluding carboxylic acids is 1. The Morgan fingerprint density at radius 1 is 1.04 bits per heavy atom. The zero-order valence-corrected chi connectivity index (χ0v) is 16.9. The van der Waals surface area contributed by atoms with Gasteiger partial charge in [-0.3, -0.25) is 4.79 Å². The summed E-state index contributed by atoms with van der Waals surface area (Å²) in [5, 5.41) is 2.74. The van der Waals surface area contributed by atoms with E-state index < -0.39 is 16.1 Å². The van der Waals surface area contributed by atoms with Crippen molar-refractivity contribution in [3.05, 3.63) is 65.5 Å². The van der Waals surface area contributed by atoms with Crippen molar-refractivity contribution in [3.63, 3.8) is 0 Å². The maximum Gasteiger partial charge on any atom is 0.261 e. The number of ether oxygens (including phenoxy) is 1. The SMILES string of the molecule is CC(C)NS(=O)(=O)Cc1ccccc1CNC(=O)C(C)Oc1ccc(F)cc1. The van der Waals surface area contributed by atoms with Crippen molar-refractivity contribution in [1.82, 2.24) is 10.0 Å². The van der Waals surface area contributed by atoms with Crippen LogP contribution in [0, 0.1) is 5.82 Å². The Morgan fingerprint density at radius 3 is 2.25 bits per heavy atom. The standard InChI is InChI=1S/C20H25FN2O4S/c1-14(2)23-28(25,26)13-17-7-5-4-6-16(17)12-22-20(24)15(3)27-19-10-8-18(21)9-11-19/h4-11,14-15,23H,12-13H2,1-3H3,(H,22,24). The number of rotatable bonds is 9. The summed E-state index contributed by atoms with van der Waals surface area (Å²) in [6, 6.07) is 12.2. The van der Waals surface area contributed by atoms with Crippen LogP contribution < -0.4 is 14.8 Å². The van der Waals surface area contributed by atoms with Gasteiger partial charge in [0.25, 0.3) is 5.91 Å². The summed E-state index contributed by atoms with van der Waals surface area (Å²) in [6.45, 7) is 5.27. The fourth-order valence-electron chi connectivity index (χ4n) is 2.57. The Labute approximate surface area is 165 Å². The van der Waals surface area contributed by atoms with Crippen LogP contribution in [0.15, 0.2) is 48.5 Å². The van der Waals surface area contributed by atoms with Crippen LogP contribution in [0.25, 0.3) is 0 Å². The Morgan fingerprint density at radius 2 is 1.64 bits per heavy atom. The van der Waals surface area contributed by atoms with Gasteiger partial charge in [-0.15, -0.1) is 0 Å². The summed E-state index contributed by atoms with van der Waals surface area (Å²) in [6.07, 6.45) is -0.788. The molecule has 28 heavy (non-hydrogen) atoms. The van der Waals surface area contributed by atoms with Gasteiger partial charge < -0.3 is 10.1 Å². The van der Waals surface area contributed by atoms with Crippen molar-refractivity contribution in [2.75, 3.05) is 0 Å². The van der Waals surface area contributed by atoms with E-state index in [0.717, 1.165) is 0 Å². The normalized spacial score (nSPS) is 12.6. The summed E-state index contributed by atoms with van der Waals surface area (Å²) in [5.74, 6) is -0.528. The largest absolute Gasteiger partial charge is 0.481 e. The van der Waals surface area contributed by atoms with E-state index in [1.54, 1.807) is 45.0 Å². The molecule has 0 saturated carbocycles. The lowest BCUT2D eigenvalue weighted by molar-refractivity contribution is -0.127. The highest BCUT2D eigenvalue weighted by molar-refractivity contribution is 7.88. The lowest BCUT2D eigenvalue weighted by atomic mass is 10.1. The average molecular weight is 408 g/mol. The molecule has 0 aromatic heterocycles. The van der Waals surface area contributed by atoms with Crippen molar-refractivity contribution in [2.45, 2.75) is 45.2 Å². The van der Waals surface area contributed by atoms with E-state index in [-0.39, 0.29) is 30.1 Å². The molecule has 1 unspecified atom stereocenters. The number of benzene rings is 2.